The normalized spacial score (nSPS) is 20.8. The molecule has 0 radical (unpaired) electrons. The molecular formula is C24H28N3O+. The fourth-order valence-electron chi connectivity index (χ4n) is 5.15. The van der Waals surface area contributed by atoms with Gasteiger partial charge in [0, 0.05) is 23.9 Å². The number of carbonyl (C=O) groups is 1. The Morgan fingerprint density at radius 2 is 2.04 bits per heavy atom. The first-order valence-corrected chi connectivity index (χ1v) is 10.5. The lowest BCUT2D eigenvalue weighted by molar-refractivity contribution is -0.714. The Morgan fingerprint density at radius 3 is 2.89 bits per heavy atom. The van der Waals surface area contributed by atoms with Gasteiger partial charge < -0.3 is 15.2 Å². The number of carbonyl (C=O) groups excluding carboxylic acids is 1. The van der Waals surface area contributed by atoms with E-state index in [0.717, 1.165) is 61.2 Å². The Labute approximate surface area is 165 Å². The zero-order valence-corrected chi connectivity index (χ0v) is 16.7. The Hall–Kier alpha value is -2.59. The van der Waals surface area contributed by atoms with E-state index in [1.54, 1.807) is 0 Å². The average Bonchev–Trinajstić information content (AvgIpc) is 3.19. The summed E-state index contributed by atoms with van der Waals surface area (Å²) < 4.78 is 0. The number of hydrogen-bond acceptors (Lipinski definition) is 1. The molecule has 0 bridgehead atoms. The molecule has 0 fully saturated rings. The number of para-hydroxylation sites is 1. The summed E-state index contributed by atoms with van der Waals surface area (Å²) >= 11 is 0. The second-order valence-electron chi connectivity index (χ2n) is 8.26. The smallest absolute Gasteiger partial charge is 0.299 e. The lowest BCUT2D eigenvalue weighted by atomic mass is 9.82. The highest BCUT2D eigenvalue weighted by Gasteiger charge is 2.58. The van der Waals surface area contributed by atoms with Crippen LogP contribution in [-0.2, 0) is 16.8 Å². The molecule has 1 amide bonds. The summed E-state index contributed by atoms with van der Waals surface area (Å²) in [4.78, 5) is 19.6. The number of aromatic nitrogens is 1. The van der Waals surface area contributed by atoms with Crippen molar-refractivity contribution in [2.45, 2.75) is 45.1 Å². The number of unbranched alkanes of at least 4 members (excludes halogenated alkanes) is 2. The number of nitrogens with zero attached hydrogens (tertiary/aromatic N) is 1. The van der Waals surface area contributed by atoms with E-state index in [0.29, 0.717) is 0 Å². The van der Waals surface area contributed by atoms with Crippen LogP contribution in [0.15, 0.2) is 42.5 Å². The van der Waals surface area contributed by atoms with Crippen molar-refractivity contribution in [2.75, 3.05) is 18.0 Å². The predicted octanol–water partition coefficient (Wildman–Crippen LogP) is 3.38. The number of fused-ring (bicyclic) bond motifs is 6. The van der Waals surface area contributed by atoms with Crippen LogP contribution < -0.4 is 10.2 Å². The van der Waals surface area contributed by atoms with Crippen molar-refractivity contribution in [1.82, 2.24) is 4.98 Å². The number of rotatable bonds is 4. The fourth-order valence-corrected chi connectivity index (χ4v) is 5.15. The molecule has 3 aromatic rings. The van der Waals surface area contributed by atoms with Gasteiger partial charge in [0.15, 0.2) is 0 Å². The van der Waals surface area contributed by atoms with E-state index in [1.807, 2.05) is 4.90 Å². The number of anilines is 1. The van der Waals surface area contributed by atoms with Crippen LogP contribution in [0.1, 0.15) is 48.6 Å². The molecule has 4 nitrogen and oxygen atoms in total. The summed E-state index contributed by atoms with van der Waals surface area (Å²) in [6.45, 7) is 6.06. The third kappa shape index (κ3) is 2.31. The molecule has 3 N–H and O–H groups in total. The SMILES string of the molecule is CCCCCN1C(=O)[C@@]2([NH2+]CCc3c2[nH]c2ccc(C)cc32)c2ccccc21. The fraction of sp³-hybridized carbons (Fsp3) is 0.375. The highest BCUT2D eigenvalue weighted by atomic mass is 16.2. The van der Waals surface area contributed by atoms with Crippen LogP contribution in [0.3, 0.4) is 0 Å². The molecule has 3 heterocycles. The van der Waals surface area contributed by atoms with Crippen LogP contribution in [0, 0.1) is 6.92 Å². The first-order chi connectivity index (χ1) is 13.7. The minimum atomic E-state index is -0.663. The maximum atomic E-state index is 13.9. The summed E-state index contributed by atoms with van der Waals surface area (Å²) in [6, 6.07) is 14.9. The average molecular weight is 375 g/mol. The van der Waals surface area contributed by atoms with E-state index >= 15 is 0 Å². The van der Waals surface area contributed by atoms with Crippen LogP contribution in [0.25, 0.3) is 10.9 Å². The number of nitrogens with two attached hydrogens (primary N) is 1. The van der Waals surface area contributed by atoms with Crippen LogP contribution in [-0.4, -0.2) is 24.0 Å². The molecule has 2 aromatic carbocycles. The van der Waals surface area contributed by atoms with Crippen LogP contribution in [0.2, 0.25) is 0 Å². The molecule has 1 atom stereocenters. The summed E-state index contributed by atoms with van der Waals surface area (Å²) in [7, 11) is 0. The molecule has 2 aliphatic rings. The highest BCUT2D eigenvalue weighted by Crippen LogP contribution is 2.45. The number of nitrogens with one attached hydrogen (secondary N) is 1. The molecule has 4 heteroatoms. The second-order valence-corrected chi connectivity index (χ2v) is 8.26. The molecule has 2 aliphatic heterocycles. The van der Waals surface area contributed by atoms with Crippen molar-refractivity contribution < 1.29 is 10.1 Å². The number of aromatic amines is 1. The Balaban J connectivity index is 1.70. The zero-order valence-electron chi connectivity index (χ0n) is 16.7. The monoisotopic (exact) mass is 374 g/mol. The first kappa shape index (κ1) is 17.5. The van der Waals surface area contributed by atoms with Gasteiger partial charge in [-0.2, -0.15) is 0 Å². The Kier molecular flexibility index (Phi) is 4.06. The van der Waals surface area contributed by atoms with Gasteiger partial charge in [-0.3, -0.25) is 4.79 Å². The number of hydrogen-bond donors (Lipinski definition) is 2. The van der Waals surface area contributed by atoms with Gasteiger partial charge in [0.05, 0.1) is 23.5 Å². The van der Waals surface area contributed by atoms with Crippen LogP contribution >= 0.6 is 0 Å². The third-order valence-corrected chi connectivity index (χ3v) is 6.49. The lowest BCUT2D eigenvalue weighted by Gasteiger charge is -2.30. The quantitative estimate of drug-likeness (QED) is 0.676. The highest BCUT2D eigenvalue weighted by molar-refractivity contribution is 6.09. The summed E-state index contributed by atoms with van der Waals surface area (Å²) in [6.07, 6.45) is 4.35. The number of H-pyrrole nitrogens is 1. The molecule has 0 unspecified atom stereocenters. The third-order valence-electron chi connectivity index (χ3n) is 6.49. The van der Waals surface area contributed by atoms with Crippen molar-refractivity contribution in [2.24, 2.45) is 0 Å². The molecule has 5 rings (SSSR count). The van der Waals surface area contributed by atoms with Gasteiger partial charge in [0.25, 0.3) is 5.91 Å². The largest absolute Gasteiger partial charge is 0.352 e. The number of amides is 1. The van der Waals surface area contributed by atoms with Crippen LogP contribution in [0.5, 0.6) is 0 Å². The zero-order chi connectivity index (χ0) is 19.3. The maximum Gasteiger partial charge on any atom is 0.299 e. The van der Waals surface area contributed by atoms with Crippen molar-refractivity contribution >= 4 is 22.5 Å². The molecule has 0 saturated heterocycles. The van der Waals surface area contributed by atoms with Gasteiger partial charge >= 0.3 is 0 Å². The molecule has 28 heavy (non-hydrogen) atoms. The molecule has 1 spiro atoms. The van der Waals surface area contributed by atoms with Crippen molar-refractivity contribution in [3.05, 3.63) is 64.8 Å². The van der Waals surface area contributed by atoms with Crippen molar-refractivity contribution in [3.8, 4) is 0 Å². The predicted molar refractivity (Wildman–Crippen MR) is 113 cm³/mol. The minimum absolute atomic E-state index is 0.217. The standard InChI is InChI=1S/C24H27N3O/c1-3-4-7-14-27-21-9-6-5-8-19(21)24(23(27)28)22-17(12-13-25-24)18-15-16(2)10-11-20(18)26-22/h5-6,8-11,15,25-26H,3-4,7,12-14H2,1-2H3/p+1/t24-/m1/s1. The van der Waals surface area contributed by atoms with E-state index in [1.165, 1.54) is 16.5 Å². The minimum Gasteiger partial charge on any atom is -0.352 e. The molecule has 1 aromatic heterocycles. The number of aryl methyl sites for hydroxylation is 1. The number of benzene rings is 2. The van der Waals surface area contributed by atoms with Gasteiger partial charge in [-0.25, -0.2) is 0 Å². The summed E-state index contributed by atoms with van der Waals surface area (Å²) in [5, 5.41) is 3.54. The second kappa shape index (κ2) is 6.49. The Bertz CT molecular complexity index is 1070. The van der Waals surface area contributed by atoms with Gasteiger partial charge in [-0.05, 0) is 43.2 Å². The lowest BCUT2D eigenvalue weighted by Crippen LogP contribution is -2.99. The maximum absolute atomic E-state index is 13.9. The van der Waals surface area contributed by atoms with Crippen molar-refractivity contribution in [1.29, 1.82) is 0 Å². The summed E-state index contributed by atoms with van der Waals surface area (Å²) in [5.41, 5.74) is 6.37. The number of quaternary nitrogens is 1. The Morgan fingerprint density at radius 1 is 1.18 bits per heavy atom. The van der Waals surface area contributed by atoms with E-state index in [4.69, 9.17) is 0 Å². The topological polar surface area (TPSA) is 52.7 Å². The van der Waals surface area contributed by atoms with Crippen LogP contribution in [0.4, 0.5) is 5.69 Å². The van der Waals surface area contributed by atoms with Gasteiger partial charge in [-0.1, -0.05) is 43.5 Å². The molecule has 144 valence electrons. The molecule has 0 saturated carbocycles. The van der Waals surface area contributed by atoms with Gasteiger partial charge in [-0.15, -0.1) is 0 Å². The molecular weight excluding hydrogens is 346 g/mol. The van der Waals surface area contributed by atoms with Gasteiger partial charge in [0.1, 0.15) is 0 Å². The van der Waals surface area contributed by atoms with E-state index in [9.17, 15) is 4.79 Å². The molecule has 0 aliphatic carbocycles. The summed E-state index contributed by atoms with van der Waals surface area (Å²) in [5.74, 6) is 0.217. The van der Waals surface area contributed by atoms with E-state index in [-0.39, 0.29) is 5.91 Å². The first-order valence-electron chi connectivity index (χ1n) is 10.5. The van der Waals surface area contributed by atoms with E-state index < -0.39 is 5.54 Å². The van der Waals surface area contributed by atoms with Crippen molar-refractivity contribution in [3.63, 3.8) is 0 Å². The van der Waals surface area contributed by atoms with Gasteiger partial charge in [0.2, 0.25) is 5.54 Å². The van der Waals surface area contributed by atoms with E-state index in [2.05, 4.69) is 66.6 Å².